The molecule has 0 bridgehead atoms. The molecule has 0 aromatic heterocycles. The van der Waals surface area contributed by atoms with Gasteiger partial charge < -0.3 is 5.73 Å². The van der Waals surface area contributed by atoms with Gasteiger partial charge in [-0.1, -0.05) is 30.2 Å². The highest BCUT2D eigenvalue weighted by atomic mass is 14.9. The molecule has 1 fully saturated rings. The largest absolute Gasteiger partial charge is 0.329 e. The molecule has 1 unspecified atom stereocenters. The third-order valence-corrected chi connectivity index (χ3v) is 3.24. The van der Waals surface area contributed by atoms with Crippen molar-refractivity contribution in [2.24, 2.45) is 5.73 Å². The fourth-order valence-electron chi connectivity index (χ4n) is 2.18. The van der Waals surface area contributed by atoms with Gasteiger partial charge in [-0.05, 0) is 36.8 Å². The van der Waals surface area contributed by atoms with Crippen molar-refractivity contribution < 1.29 is 0 Å². The van der Waals surface area contributed by atoms with Crippen LogP contribution >= 0.6 is 0 Å². The maximum Gasteiger partial charge on any atom is 0.0581 e. The monoisotopic (exact) mass is 228 g/mol. The number of nitrogens with one attached hydrogen (secondary N) is 1. The molecule has 1 aromatic rings. The van der Waals surface area contributed by atoms with Gasteiger partial charge in [-0.25, -0.2) is 0 Å². The summed E-state index contributed by atoms with van der Waals surface area (Å²) in [7, 11) is 0. The van der Waals surface area contributed by atoms with Gasteiger partial charge in [0.1, 0.15) is 0 Å². The molecule has 2 heteroatoms. The summed E-state index contributed by atoms with van der Waals surface area (Å²) in [6, 6.07) is 8.88. The molecule has 2 rings (SSSR count). The van der Waals surface area contributed by atoms with E-state index < -0.39 is 0 Å². The van der Waals surface area contributed by atoms with E-state index in [9.17, 15) is 0 Å². The Bertz CT molecular complexity index is 424. The normalized spacial score (nSPS) is 16.1. The van der Waals surface area contributed by atoms with E-state index in [2.05, 4.69) is 41.4 Å². The Morgan fingerprint density at radius 2 is 2.18 bits per heavy atom. The molecule has 0 radical (unpaired) electrons. The maximum absolute atomic E-state index is 5.87. The second kappa shape index (κ2) is 5.86. The second-order valence-corrected chi connectivity index (χ2v) is 4.50. The predicted molar refractivity (Wildman–Crippen MR) is 71.7 cm³/mol. The molecule has 0 aliphatic heterocycles. The molecule has 1 aliphatic rings. The third-order valence-electron chi connectivity index (χ3n) is 3.24. The first-order valence-electron chi connectivity index (χ1n) is 6.28. The number of benzene rings is 1. The molecule has 90 valence electrons. The minimum atomic E-state index is 0.229. The number of rotatable bonds is 5. The van der Waals surface area contributed by atoms with Crippen molar-refractivity contribution >= 4 is 0 Å². The van der Waals surface area contributed by atoms with Crippen LogP contribution in [0.5, 0.6) is 0 Å². The fraction of sp³-hybridized carbons (Fsp3) is 0.467. The summed E-state index contributed by atoms with van der Waals surface area (Å²) in [6.45, 7) is 3.18. The van der Waals surface area contributed by atoms with E-state index in [0.29, 0.717) is 13.1 Å². The summed E-state index contributed by atoms with van der Waals surface area (Å²) in [5.74, 6) is 6.69. The van der Waals surface area contributed by atoms with Gasteiger partial charge in [-0.3, -0.25) is 5.32 Å². The average Bonchev–Trinajstić information content (AvgIpc) is 3.19. The molecule has 0 spiro atoms. The van der Waals surface area contributed by atoms with Gasteiger partial charge in [-0.2, -0.15) is 0 Å². The minimum Gasteiger partial charge on any atom is -0.329 e. The van der Waals surface area contributed by atoms with Crippen molar-refractivity contribution in [2.45, 2.75) is 31.7 Å². The first-order chi connectivity index (χ1) is 8.36. The average molecular weight is 228 g/mol. The minimum absolute atomic E-state index is 0.229. The molecule has 1 saturated carbocycles. The molecule has 1 aromatic carbocycles. The number of hydrogen-bond acceptors (Lipinski definition) is 2. The molecular weight excluding hydrogens is 208 g/mol. The van der Waals surface area contributed by atoms with Crippen LogP contribution < -0.4 is 11.1 Å². The van der Waals surface area contributed by atoms with Crippen LogP contribution in [0.25, 0.3) is 0 Å². The van der Waals surface area contributed by atoms with E-state index >= 15 is 0 Å². The standard InChI is InChI=1S/C15H20N2/c1-2-3-10-17-15(11-16)14-7-5-4-6-13(14)12-8-9-12/h4-7,12,15,17H,8-11,16H2,1H3. The van der Waals surface area contributed by atoms with Crippen LogP contribution in [0.2, 0.25) is 0 Å². The van der Waals surface area contributed by atoms with Crippen molar-refractivity contribution in [1.29, 1.82) is 0 Å². The van der Waals surface area contributed by atoms with E-state index in [1.165, 1.54) is 24.0 Å². The Morgan fingerprint density at radius 1 is 1.41 bits per heavy atom. The van der Waals surface area contributed by atoms with Gasteiger partial charge in [-0.15, -0.1) is 5.92 Å². The lowest BCUT2D eigenvalue weighted by molar-refractivity contribution is 0.577. The lowest BCUT2D eigenvalue weighted by Crippen LogP contribution is -2.29. The van der Waals surface area contributed by atoms with Gasteiger partial charge in [0.25, 0.3) is 0 Å². The van der Waals surface area contributed by atoms with Crippen molar-refractivity contribution in [3.8, 4) is 11.8 Å². The third kappa shape index (κ3) is 3.09. The van der Waals surface area contributed by atoms with Crippen molar-refractivity contribution in [3.05, 3.63) is 35.4 Å². The van der Waals surface area contributed by atoms with Crippen LogP contribution in [-0.4, -0.2) is 13.1 Å². The quantitative estimate of drug-likeness (QED) is 0.758. The van der Waals surface area contributed by atoms with Crippen LogP contribution in [0.4, 0.5) is 0 Å². The van der Waals surface area contributed by atoms with Crippen LogP contribution in [0.1, 0.15) is 42.9 Å². The second-order valence-electron chi connectivity index (χ2n) is 4.50. The molecular formula is C15H20N2. The highest BCUT2D eigenvalue weighted by molar-refractivity contribution is 5.35. The Kier molecular flexibility index (Phi) is 4.19. The first kappa shape index (κ1) is 12.2. The smallest absolute Gasteiger partial charge is 0.0581 e. The van der Waals surface area contributed by atoms with Gasteiger partial charge >= 0.3 is 0 Å². The molecule has 0 amide bonds. The lowest BCUT2D eigenvalue weighted by atomic mass is 9.97. The van der Waals surface area contributed by atoms with E-state index in [1.54, 1.807) is 0 Å². The number of nitrogens with two attached hydrogens (primary N) is 1. The Labute approximate surface area is 104 Å². The lowest BCUT2D eigenvalue weighted by Gasteiger charge is -2.19. The fourth-order valence-corrected chi connectivity index (χ4v) is 2.18. The molecule has 17 heavy (non-hydrogen) atoms. The molecule has 2 nitrogen and oxygen atoms in total. The van der Waals surface area contributed by atoms with Gasteiger partial charge in [0, 0.05) is 12.6 Å². The van der Waals surface area contributed by atoms with Crippen molar-refractivity contribution in [1.82, 2.24) is 5.32 Å². The zero-order valence-corrected chi connectivity index (χ0v) is 10.4. The summed E-state index contributed by atoms with van der Waals surface area (Å²) < 4.78 is 0. The topological polar surface area (TPSA) is 38.0 Å². The molecule has 1 atom stereocenters. The van der Waals surface area contributed by atoms with E-state index in [0.717, 1.165) is 5.92 Å². The van der Waals surface area contributed by atoms with Gasteiger partial charge in [0.05, 0.1) is 6.54 Å². The summed E-state index contributed by atoms with van der Waals surface area (Å²) in [5.41, 5.74) is 8.69. The van der Waals surface area contributed by atoms with Crippen LogP contribution in [0, 0.1) is 11.8 Å². The van der Waals surface area contributed by atoms with Crippen LogP contribution in [0.15, 0.2) is 24.3 Å². The highest BCUT2D eigenvalue weighted by Gasteiger charge is 2.27. The van der Waals surface area contributed by atoms with Crippen LogP contribution in [-0.2, 0) is 0 Å². The summed E-state index contributed by atoms with van der Waals surface area (Å²) in [5, 5.41) is 3.41. The predicted octanol–water partition coefficient (Wildman–Crippen LogP) is 2.18. The SMILES string of the molecule is CC#CCNC(CN)c1ccccc1C1CC1. The molecule has 3 N–H and O–H groups in total. The molecule has 0 heterocycles. The number of hydrogen-bond donors (Lipinski definition) is 2. The van der Waals surface area contributed by atoms with Crippen molar-refractivity contribution in [3.63, 3.8) is 0 Å². The van der Waals surface area contributed by atoms with Gasteiger partial charge in [0.15, 0.2) is 0 Å². The first-order valence-corrected chi connectivity index (χ1v) is 6.28. The highest BCUT2D eigenvalue weighted by Crippen LogP contribution is 2.42. The Hall–Kier alpha value is -1.30. The van der Waals surface area contributed by atoms with Crippen LogP contribution in [0.3, 0.4) is 0 Å². The summed E-state index contributed by atoms with van der Waals surface area (Å²) in [6.07, 6.45) is 2.64. The summed E-state index contributed by atoms with van der Waals surface area (Å²) >= 11 is 0. The maximum atomic E-state index is 5.87. The molecule has 0 saturated heterocycles. The zero-order chi connectivity index (χ0) is 12.1. The Balaban J connectivity index is 2.13. The Morgan fingerprint density at radius 3 is 2.82 bits per heavy atom. The summed E-state index contributed by atoms with van der Waals surface area (Å²) in [4.78, 5) is 0. The van der Waals surface area contributed by atoms with Gasteiger partial charge in [0.2, 0.25) is 0 Å². The van der Waals surface area contributed by atoms with E-state index in [-0.39, 0.29) is 6.04 Å². The van der Waals surface area contributed by atoms with E-state index in [1.807, 2.05) is 6.92 Å². The van der Waals surface area contributed by atoms with E-state index in [4.69, 9.17) is 5.73 Å². The zero-order valence-electron chi connectivity index (χ0n) is 10.4. The van der Waals surface area contributed by atoms with Crippen molar-refractivity contribution in [2.75, 3.05) is 13.1 Å². The molecule has 1 aliphatic carbocycles.